The number of rotatable bonds is 7. The van der Waals surface area contributed by atoms with Crippen molar-refractivity contribution in [1.82, 2.24) is 4.72 Å². The Balaban J connectivity index is 1.84. The number of hydrogen-bond donors (Lipinski definition) is 2. The molecule has 0 aliphatic rings. The number of aryl methyl sites for hydroxylation is 1. The van der Waals surface area contributed by atoms with E-state index in [0.717, 1.165) is 11.1 Å². The summed E-state index contributed by atoms with van der Waals surface area (Å²) < 4.78 is 26.5. The van der Waals surface area contributed by atoms with Crippen LogP contribution >= 0.6 is 0 Å². The molecule has 1 atom stereocenters. The highest BCUT2D eigenvalue weighted by Crippen LogP contribution is 2.08. The fourth-order valence-corrected chi connectivity index (χ4v) is 3.09. The fraction of sp³-hybridized carbons (Fsp3) is 0.250. The number of nitrogens with one attached hydrogen (secondary N) is 1. The lowest BCUT2D eigenvalue weighted by atomic mass is 10.1. The van der Waals surface area contributed by atoms with Crippen molar-refractivity contribution in [3.05, 3.63) is 71.8 Å². The Morgan fingerprint density at radius 2 is 1.52 bits per heavy atom. The van der Waals surface area contributed by atoms with Crippen LogP contribution < -0.4 is 10.5 Å². The Kier molecular flexibility index (Phi) is 5.50. The monoisotopic (exact) mass is 304 g/mol. The van der Waals surface area contributed by atoms with Gasteiger partial charge in [0.15, 0.2) is 0 Å². The van der Waals surface area contributed by atoms with Gasteiger partial charge in [0.2, 0.25) is 10.0 Å². The Morgan fingerprint density at radius 3 is 2.14 bits per heavy atom. The molecule has 21 heavy (non-hydrogen) atoms. The average molecular weight is 304 g/mol. The summed E-state index contributed by atoms with van der Waals surface area (Å²) in [5.41, 5.74) is 7.91. The Hall–Kier alpha value is -1.69. The van der Waals surface area contributed by atoms with E-state index >= 15 is 0 Å². The first-order valence-corrected chi connectivity index (χ1v) is 8.54. The molecule has 2 aromatic rings. The zero-order chi connectivity index (χ0) is 15.1. The van der Waals surface area contributed by atoms with Crippen molar-refractivity contribution in [1.29, 1.82) is 0 Å². The number of sulfonamides is 1. The molecule has 2 aromatic carbocycles. The van der Waals surface area contributed by atoms with Gasteiger partial charge in [-0.05, 0) is 17.5 Å². The van der Waals surface area contributed by atoms with Crippen LogP contribution in [0, 0.1) is 0 Å². The van der Waals surface area contributed by atoms with Crippen molar-refractivity contribution in [3.63, 3.8) is 0 Å². The van der Waals surface area contributed by atoms with Gasteiger partial charge in [-0.1, -0.05) is 60.7 Å². The third-order valence-electron chi connectivity index (χ3n) is 3.25. The Bertz CT molecular complexity index is 642. The summed E-state index contributed by atoms with van der Waals surface area (Å²) in [7, 11) is -3.31. The Morgan fingerprint density at radius 1 is 0.952 bits per heavy atom. The topological polar surface area (TPSA) is 72.2 Å². The van der Waals surface area contributed by atoms with Gasteiger partial charge in [0.05, 0.1) is 5.75 Å². The second-order valence-corrected chi connectivity index (χ2v) is 6.85. The van der Waals surface area contributed by atoms with Gasteiger partial charge < -0.3 is 5.73 Å². The standard InChI is InChI=1S/C16H20N2O2S/c17-16(15-9-5-2-6-10-15)13-18-21(19,20)12-11-14-7-3-1-4-8-14/h1-10,16,18H,11-13,17H2. The first-order chi connectivity index (χ1) is 10.1. The van der Waals surface area contributed by atoms with Crippen LogP contribution in [0.2, 0.25) is 0 Å². The van der Waals surface area contributed by atoms with Gasteiger partial charge in [-0.3, -0.25) is 0 Å². The van der Waals surface area contributed by atoms with Crippen molar-refractivity contribution in [2.75, 3.05) is 12.3 Å². The van der Waals surface area contributed by atoms with E-state index in [2.05, 4.69) is 4.72 Å². The minimum Gasteiger partial charge on any atom is -0.323 e. The van der Waals surface area contributed by atoms with E-state index in [1.165, 1.54) is 0 Å². The zero-order valence-corrected chi connectivity index (χ0v) is 12.6. The van der Waals surface area contributed by atoms with E-state index < -0.39 is 10.0 Å². The molecule has 0 spiro atoms. The molecular weight excluding hydrogens is 284 g/mol. The average Bonchev–Trinajstić information content (AvgIpc) is 2.53. The molecule has 0 amide bonds. The van der Waals surface area contributed by atoms with Crippen LogP contribution in [-0.4, -0.2) is 20.7 Å². The van der Waals surface area contributed by atoms with Crippen molar-refractivity contribution < 1.29 is 8.42 Å². The van der Waals surface area contributed by atoms with Gasteiger partial charge >= 0.3 is 0 Å². The molecule has 0 bridgehead atoms. The highest BCUT2D eigenvalue weighted by molar-refractivity contribution is 7.89. The van der Waals surface area contributed by atoms with Crippen LogP contribution in [0.5, 0.6) is 0 Å². The van der Waals surface area contributed by atoms with Crippen molar-refractivity contribution in [3.8, 4) is 0 Å². The number of nitrogens with two attached hydrogens (primary N) is 1. The van der Waals surface area contributed by atoms with Crippen molar-refractivity contribution in [2.24, 2.45) is 5.73 Å². The summed E-state index contributed by atoms with van der Waals surface area (Å²) in [5.74, 6) is 0.0680. The SMILES string of the molecule is NC(CNS(=O)(=O)CCc1ccccc1)c1ccccc1. The van der Waals surface area contributed by atoms with Crippen LogP contribution in [0.25, 0.3) is 0 Å². The van der Waals surface area contributed by atoms with Gasteiger partial charge in [0.25, 0.3) is 0 Å². The highest BCUT2D eigenvalue weighted by Gasteiger charge is 2.13. The minimum atomic E-state index is -3.31. The van der Waals surface area contributed by atoms with E-state index in [0.29, 0.717) is 6.42 Å². The van der Waals surface area contributed by atoms with Gasteiger partial charge in [-0.15, -0.1) is 0 Å². The largest absolute Gasteiger partial charge is 0.323 e. The maximum Gasteiger partial charge on any atom is 0.211 e. The van der Waals surface area contributed by atoms with Crippen molar-refractivity contribution in [2.45, 2.75) is 12.5 Å². The molecule has 0 saturated heterocycles. The molecule has 2 rings (SSSR count). The van der Waals surface area contributed by atoms with Crippen LogP contribution in [-0.2, 0) is 16.4 Å². The van der Waals surface area contributed by atoms with E-state index in [1.807, 2.05) is 60.7 Å². The second kappa shape index (κ2) is 7.36. The summed E-state index contributed by atoms with van der Waals surface area (Å²) in [6.07, 6.45) is 0.497. The summed E-state index contributed by atoms with van der Waals surface area (Å²) in [6.45, 7) is 0.209. The molecule has 0 radical (unpaired) electrons. The summed E-state index contributed by atoms with van der Waals surface area (Å²) in [5, 5.41) is 0. The van der Waals surface area contributed by atoms with Gasteiger partial charge in [-0.25, -0.2) is 13.1 Å². The summed E-state index contributed by atoms with van der Waals surface area (Å²) >= 11 is 0. The molecule has 0 fully saturated rings. The number of benzene rings is 2. The van der Waals surface area contributed by atoms with Crippen LogP contribution in [0.15, 0.2) is 60.7 Å². The smallest absolute Gasteiger partial charge is 0.211 e. The molecule has 1 unspecified atom stereocenters. The zero-order valence-electron chi connectivity index (χ0n) is 11.8. The Labute approximate surface area is 126 Å². The molecule has 112 valence electrons. The third kappa shape index (κ3) is 5.30. The fourth-order valence-electron chi connectivity index (χ4n) is 2.00. The highest BCUT2D eigenvalue weighted by atomic mass is 32.2. The maximum atomic E-state index is 12.0. The second-order valence-electron chi connectivity index (χ2n) is 4.92. The molecule has 0 aliphatic heterocycles. The summed E-state index contributed by atoms with van der Waals surface area (Å²) in [4.78, 5) is 0. The lowest BCUT2D eigenvalue weighted by Crippen LogP contribution is -2.34. The van der Waals surface area contributed by atoms with Crippen LogP contribution in [0.4, 0.5) is 0 Å². The van der Waals surface area contributed by atoms with Gasteiger partial charge in [-0.2, -0.15) is 0 Å². The minimum absolute atomic E-state index is 0.0680. The molecule has 0 aliphatic carbocycles. The first-order valence-electron chi connectivity index (χ1n) is 6.88. The quantitative estimate of drug-likeness (QED) is 0.820. The van der Waals surface area contributed by atoms with Gasteiger partial charge in [0.1, 0.15) is 0 Å². The lowest BCUT2D eigenvalue weighted by molar-refractivity contribution is 0.571. The molecule has 0 saturated carbocycles. The van der Waals surface area contributed by atoms with Crippen LogP contribution in [0.1, 0.15) is 17.2 Å². The molecule has 0 heterocycles. The maximum absolute atomic E-state index is 12.0. The molecule has 3 N–H and O–H groups in total. The predicted octanol–water partition coefficient (Wildman–Crippen LogP) is 1.85. The molecular formula is C16H20N2O2S. The van der Waals surface area contributed by atoms with E-state index in [4.69, 9.17) is 5.73 Å². The molecule has 5 heteroatoms. The van der Waals surface area contributed by atoms with E-state index in [-0.39, 0.29) is 18.3 Å². The van der Waals surface area contributed by atoms with E-state index in [9.17, 15) is 8.42 Å². The molecule has 4 nitrogen and oxygen atoms in total. The van der Waals surface area contributed by atoms with Crippen LogP contribution in [0.3, 0.4) is 0 Å². The number of hydrogen-bond acceptors (Lipinski definition) is 3. The van der Waals surface area contributed by atoms with Gasteiger partial charge in [0, 0.05) is 12.6 Å². The predicted molar refractivity (Wildman–Crippen MR) is 85.3 cm³/mol. The first kappa shape index (κ1) is 15.7. The lowest BCUT2D eigenvalue weighted by Gasteiger charge is -2.13. The summed E-state index contributed by atoms with van der Waals surface area (Å²) in [6, 6.07) is 18.7. The van der Waals surface area contributed by atoms with Crippen molar-refractivity contribution >= 4 is 10.0 Å². The molecule has 0 aromatic heterocycles. The van der Waals surface area contributed by atoms with E-state index in [1.54, 1.807) is 0 Å². The third-order valence-corrected chi connectivity index (χ3v) is 4.60. The normalized spacial score (nSPS) is 13.0.